The van der Waals surface area contributed by atoms with Crippen LogP contribution in [0.2, 0.25) is 0 Å². The monoisotopic (exact) mass is 198 g/mol. The van der Waals surface area contributed by atoms with E-state index in [0.29, 0.717) is 6.61 Å². The Bertz CT molecular complexity index is 112. The van der Waals surface area contributed by atoms with Gasteiger partial charge in [-0.15, -0.1) is 0 Å². The van der Waals surface area contributed by atoms with Gasteiger partial charge in [-0.3, -0.25) is 4.79 Å². The van der Waals surface area contributed by atoms with Crippen LogP contribution in [-0.4, -0.2) is 19.8 Å². The number of ether oxygens (including phenoxy) is 1. The fourth-order valence-electron chi connectivity index (χ4n) is 0.203. The Morgan fingerprint density at radius 1 is 1.33 bits per heavy atom. The molecule has 0 spiro atoms. The van der Waals surface area contributed by atoms with Gasteiger partial charge in [-0.05, 0) is 6.92 Å². The maximum atomic E-state index is 9.82. The summed E-state index contributed by atoms with van der Waals surface area (Å²) >= 11 is 0. The molecule has 0 fully saturated rings. The van der Waals surface area contributed by atoms with E-state index in [1.165, 1.54) is 6.92 Å². The second-order valence-electron chi connectivity index (χ2n) is 1.42. The van der Waals surface area contributed by atoms with Crippen molar-refractivity contribution >= 4 is 13.2 Å². The van der Waals surface area contributed by atoms with Crippen molar-refractivity contribution in [3.63, 3.8) is 0 Å². The van der Waals surface area contributed by atoms with E-state index >= 15 is 0 Å². The third-order valence-electron chi connectivity index (χ3n) is 0.348. The van der Waals surface area contributed by atoms with E-state index in [2.05, 4.69) is 4.74 Å². The van der Waals surface area contributed by atoms with Crippen molar-refractivity contribution in [2.75, 3.05) is 6.61 Å². The van der Waals surface area contributed by atoms with Crippen LogP contribution >= 0.6 is 0 Å². The zero-order valence-electron chi connectivity index (χ0n) is 7.11. The molecule has 68 valence electrons. The summed E-state index contributed by atoms with van der Waals surface area (Å²) in [7, 11) is -6.00. The molecule has 2 nitrogen and oxygen atoms in total. The average Bonchev–Trinajstić information content (AvgIpc) is 1.58. The van der Waals surface area contributed by atoms with Crippen molar-refractivity contribution in [3.8, 4) is 0 Å². The van der Waals surface area contributed by atoms with E-state index in [0.717, 1.165) is 0 Å². The average molecular weight is 198 g/mol. The van der Waals surface area contributed by atoms with Crippen LogP contribution in [0.15, 0.2) is 0 Å². The predicted octanol–water partition coefficient (Wildman–Crippen LogP) is -1.13. The SMILES string of the molecule is CCOC(C)=O.F[B-](F)(F)F.[Na+]. The Labute approximate surface area is 90.0 Å². The van der Waals surface area contributed by atoms with Crippen LogP contribution in [0.25, 0.3) is 0 Å². The number of rotatable bonds is 1. The number of carbonyl (C=O) groups excluding carboxylic acids is 1. The van der Waals surface area contributed by atoms with Gasteiger partial charge in [0.25, 0.3) is 0 Å². The van der Waals surface area contributed by atoms with Crippen molar-refractivity contribution in [1.82, 2.24) is 0 Å². The quantitative estimate of drug-likeness (QED) is 0.303. The first-order chi connectivity index (χ1) is 4.77. The summed E-state index contributed by atoms with van der Waals surface area (Å²) < 4.78 is 43.4. The molecule has 0 heterocycles. The van der Waals surface area contributed by atoms with Crippen molar-refractivity contribution in [2.24, 2.45) is 0 Å². The van der Waals surface area contributed by atoms with Gasteiger partial charge in [0, 0.05) is 6.92 Å². The van der Waals surface area contributed by atoms with Crippen LogP contribution in [-0.2, 0) is 9.53 Å². The molecular formula is C4H8BF4NaO2. The first-order valence-corrected chi connectivity index (χ1v) is 2.78. The van der Waals surface area contributed by atoms with Gasteiger partial charge in [0.1, 0.15) is 0 Å². The molecule has 0 aliphatic rings. The summed E-state index contributed by atoms with van der Waals surface area (Å²) in [5.74, 6) is -0.211. The summed E-state index contributed by atoms with van der Waals surface area (Å²) in [6.07, 6.45) is 0. The van der Waals surface area contributed by atoms with Crippen molar-refractivity contribution in [2.45, 2.75) is 13.8 Å². The van der Waals surface area contributed by atoms with E-state index < -0.39 is 7.25 Å². The van der Waals surface area contributed by atoms with Gasteiger partial charge in [0.2, 0.25) is 0 Å². The van der Waals surface area contributed by atoms with Gasteiger partial charge >= 0.3 is 42.8 Å². The molecule has 0 aliphatic heterocycles. The molecule has 0 aliphatic carbocycles. The second kappa shape index (κ2) is 9.34. The van der Waals surface area contributed by atoms with E-state index in [1.807, 2.05) is 0 Å². The van der Waals surface area contributed by atoms with Gasteiger partial charge in [-0.1, -0.05) is 0 Å². The number of esters is 1. The predicted molar refractivity (Wildman–Crippen MR) is 32.5 cm³/mol. The zero-order valence-corrected chi connectivity index (χ0v) is 9.11. The minimum Gasteiger partial charge on any atom is -0.466 e. The molecule has 8 heteroatoms. The molecule has 0 unspecified atom stereocenters. The molecule has 0 saturated carbocycles. The molecule has 0 saturated heterocycles. The third-order valence-corrected chi connectivity index (χ3v) is 0.348. The summed E-state index contributed by atoms with van der Waals surface area (Å²) in [4.78, 5) is 9.82. The standard InChI is InChI=1S/C4H8O2.BF4.Na/c1-3-6-4(2)5;2-1(3,4)5;/h3H2,1-2H3;;/q;-1;+1. The molecule has 12 heavy (non-hydrogen) atoms. The van der Waals surface area contributed by atoms with E-state index in [9.17, 15) is 22.1 Å². The topological polar surface area (TPSA) is 26.3 Å². The first kappa shape index (κ1) is 18.1. The Morgan fingerprint density at radius 2 is 1.58 bits per heavy atom. The van der Waals surface area contributed by atoms with Crippen LogP contribution in [0, 0.1) is 0 Å². The summed E-state index contributed by atoms with van der Waals surface area (Å²) in [6, 6.07) is 0. The molecule has 0 bridgehead atoms. The van der Waals surface area contributed by atoms with Crippen molar-refractivity contribution in [3.05, 3.63) is 0 Å². The smallest absolute Gasteiger partial charge is 0.466 e. The zero-order chi connectivity index (χ0) is 9.49. The van der Waals surface area contributed by atoms with Gasteiger partial charge in [-0.2, -0.15) is 0 Å². The molecule has 0 radical (unpaired) electrons. The molecule has 0 amide bonds. The fourth-order valence-corrected chi connectivity index (χ4v) is 0.203. The minimum absolute atomic E-state index is 0. The molecule has 0 aromatic heterocycles. The molecule has 0 rings (SSSR count). The molecular weight excluding hydrogens is 190 g/mol. The van der Waals surface area contributed by atoms with Crippen molar-refractivity contribution in [1.29, 1.82) is 0 Å². The first-order valence-electron chi connectivity index (χ1n) is 2.78. The minimum atomic E-state index is -6.00. The van der Waals surface area contributed by atoms with Gasteiger partial charge in [-0.25, -0.2) is 0 Å². The third kappa shape index (κ3) is 82.9. The van der Waals surface area contributed by atoms with E-state index in [1.54, 1.807) is 6.92 Å². The largest absolute Gasteiger partial charge is 1.00 e. The van der Waals surface area contributed by atoms with E-state index in [-0.39, 0.29) is 35.5 Å². The summed E-state index contributed by atoms with van der Waals surface area (Å²) in [5, 5.41) is 0. The number of carbonyl (C=O) groups is 1. The van der Waals surface area contributed by atoms with Gasteiger partial charge in [0.05, 0.1) is 6.61 Å². The number of halogens is 4. The van der Waals surface area contributed by atoms with E-state index in [4.69, 9.17) is 0 Å². The van der Waals surface area contributed by atoms with Gasteiger partial charge < -0.3 is 22.0 Å². The Kier molecular flexibility index (Phi) is 14.1. The fraction of sp³-hybridized carbons (Fsp3) is 0.750. The number of hydrogen-bond donors (Lipinski definition) is 0. The normalized spacial score (nSPS) is 8.83. The van der Waals surface area contributed by atoms with Gasteiger partial charge in [0.15, 0.2) is 0 Å². The molecule has 0 N–H and O–H groups in total. The molecule has 0 aromatic carbocycles. The maximum Gasteiger partial charge on any atom is 1.00 e. The van der Waals surface area contributed by atoms with Crippen molar-refractivity contribution < 1.29 is 56.4 Å². The number of hydrogen-bond acceptors (Lipinski definition) is 2. The summed E-state index contributed by atoms with van der Waals surface area (Å²) in [6.45, 7) is 3.65. The maximum absolute atomic E-state index is 9.82. The van der Waals surface area contributed by atoms with Crippen LogP contribution in [0.4, 0.5) is 17.3 Å². The van der Waals surface area contributed by atoms with Crippen LogP contribution in [0.1, 0.15) is 13.8 Å². The van der Waals surface area contributed by atoms with Crippen LogP contribution in [0.3, 0.4) is 0 Å². The second-order valence-corrected chi connectivity index (χ2v) is 1.42. The van der Waals surface area contributed by atoms with Crippen LogP contribution in [0.5, 0.6) is 0 Å². The Balaban J connectivity index is -0.000000126. The summed E-state index contributed by atoms with van der Waals surface area (Å²) in [5.41, 5.74) is 0. The Morgan fingerprint density at radius 3 is 1.58 bits per heavy atom. The van der Waals surface area contributed by atoms with Crippen LogP contribution < -0.4 is 29.6 Å². The molecule has 0 atom stereocenters. The molecule has 0 aromatic rings. The Hall–Kier alpha value is 0.255.